The zero-order valence-electron chi connectivity index (χ0n) is 64.5. The Labute approximate surface area is 646 Å². The Hall–Kier alpha value is -9.88. The molecule has 13 rings (SSSR count). The number of unbranched alkanes of at least 4 members (excludes halogenated alkanes) is 10. The van der Waals surface area contributed by atoms with Gasteiger partial charge in [-0.2, -0.15) is 0 Å². The molecule has 16 nitrogen and oxygen atoms in total. The highest BCUT2D eigenvalue weighted by molar-refractivity contribution is 7.19. The molecule has 0 amide bonds. The van der Waals surface area contributed by atoms with E-state index in [1.165, 1.54) is 72.2 Å². The molecule has 0 fully saturated rings. The van der Waals surface area contributed by atoms with Crippen molar-refractivity contribution in [1.29, 1.82) is 0 Å². The number of fused-ring (bicyclic) bond motifs is 16. The summed E-state index contributed by atoms with van der Waals surface area (Å²) in [6.45, 7) is 24.7. The van der Waals surface area contributed by atoms with Crippen molar-refractivity contribution in [3.05, 3.63) is 203 Å². The number of aryl methyl sites for hydroxylation is 6. The van der Waals surface area contributed by atoms with Gasteiger partial charge >= 0.3 is 0 Å². The van der Waals surface area contributed by atoms with Crippen LogP contribution in [0, 0.1) is 0 Å². The highest BCUT2D eigenvalue weighted by atomic mass is 32.1. The number of H-pyrrole nitrogens is 4. The first kappa shape index (κ1) is 77.3. The fraction of sp³-hybridized carbons (Fsp3) is 0.370. The number of aromatic nitrogens is 12. The van der Waals surface area contributed by atoms with Crippen LogP contribution in [0.15, 0.2) is 124 Å². The second-order valence-corrected chi connectivity index (χ2v) is 29.8. The Bertz CT molecular complexity index is 4840. The highest BCUT2D eigenvalue weighted by Gasteiger charge is 2.29. The minimum atomic E-state index is 0.487. The van der Waals surface area contributed by atoms with Crippen molar-refractivity contribution in [2.45, 2.75) is 155 Å². The minimum Gasteiger partial charge on any atom is -0.377 e. The van der Waals surface area contributed by atoms with E-state index in [4.69, 9.17) is 48.9 Å². The molecular weight excluding hydrogens is 1370 g/mol. The number of rotatable bonds is 42. The number of hydrogen-bond donors (Lipinski definition) is 4. The summed E-state index contributed by atoms with van der Waals surface area (Å²) < 4.78 is 28.5. The maximum atomic E-state index is 6.10. The van der Waals surface area contributed by atoms with Crippen LogP contribution in [0.3, 0.4) is 0 Å². The van der Waals surface area contributed by atoms with Gasteiger partial charge in [-0.1, -0.05) is 102 Å². The number of imidazole rings is 2. The van der Waals surface area contributed by atoms with Gasteiger partial charge in [0.2, 0.25) is 0 Å². The van der Waals surface area contributed by atoms with Crippen molar-refractivity contribution >= 4 is 104 Å². The quantitative estimate of drug-likeness (QED) is 0.0212. The van der Waals surface area contributed by atoms with Crippen LogP contribution < -0.4 is 0 Å². The molecule has 0 saturated carbocycles. The molecule has 109 heavy (non-hydrogen) atoms. The zero-order valence-corrected chi connectivity index (χ0v) is 65.3. The summed E-state index contributed by atoms with van der Waals surface area (Å²) in [6, 6.07) is 17.9. The molecule has 4 N–H and O–H groups in total. The Morgan fingerprint density at radius 2 is 0.596 bits per heavy atom. The predicted octanol–water partition coefficient (Wildman–Crippen LogP) is 22.2. The first-order valence-corrected chi connectivity index (χ1v) is 40.6. The Morgan fingerprint density at radius 1 is 0.330 bits per heavy atom. The molecular formula is C92H108N12O4S. The zero-order chi connectivity index (χ0) is 75.3. The Kier molecular flexibility index (Phi) is 27.3. The van der Waals surface area contributed by atoms with Crippen molar-refractivity contribution in [2.24, 2.45) is 14.1 Å². The van der Waals surface area contributed by atoms with Crippen LogP contribution in [0.25, 0.3) is 136 Å². The van der Waals surface area contributed by atoms with Gasteiger partial charge in [0.05, 0.1) is 94.1 Å². The predicted molar refractivity (Wildman–Crippen MR) is 456 cm³/mol. The maximum absolute atomic E-state index is 6.10. The monoisotopic (exact) mass is 1480 g/mol. The highest BCUT2D eigenvalue weighted by Crippen LogP contribution is 2.49. The molecule has 13 heterocycles. The van der Waals surface area contributed by atoms with E-state index >= 15 is 0 Å². The summed E-state index contributed by atoms with van der Waals surface area (Å²) >= 11 is 1.91. The fourth-order valence-corrected chi connectivity index (χ4v) is 17.1. The second-order valence-electron chi connectivity index (χ2n) is 28.8. The van der Waals surface area contributed by atoms with Crippen molar-refractivity contribution in [1.82, 2.24) is 59.0 Å². The summed E-state index contributed by atoms with van der Waals surface area (Å²) in [4.78, 5) is 51.6. The summed E-state index contributed by atoms with van der Waals surface area (Å²) in [5, 5.41) is 0. The summed E-state index contributed by atoms with van der Waals surface area (Å²) in [5.74, 6) is 1.63. The van der Waals surface area contributed by atoms with E-state index in [2.05, 4.69) is 166 Å². The number of aromatic amines is 4. The number of ether oxygens (including phenoxy) is 4. The molecule has 17 heteroatoms. The largest absolute Gasteiger partial charge is 0.377 e. The van der Waals surface area contributed by atoms with Crippen molar-refractivity contribution in [3.8, 4) is 43.7 Å². The third-order valence-corrected chi connectivity index (χ3v) is 22.3. The average Bonchev–Trinajstić information content (AvgIpc) is 1.60. The summed E-state index contributed by atoms with van der Waals surface area (Å²) in [7, 11) is 4.09. The van der Waals surface area contributed by atoms with E-state index in [0.29, 0.717) is 78.5 Å². The molecule has 0 radical (unpaired) electrons. The van der Waals surface area contributed by atoms with Crippen LogP contribution in [-0.4, -0.2) is 112 Å². The topological polar surface area (TPSA) is 187 Å². The molecule has 0 saturated heterocycles. The number of hydrogen-bond acceptors (Lipinski definition) is 11. The van der Waals surface area contributed by atoms with Gasteiger partial charge < -0.3 is 48.0 Å². The van der Waals surface area contributed by atoms with Gasteiger partial charge in [0.15, 0.2) is 0 Å². The molecule has 0 aliphatic carbocycles. The van der Waals surface area contributed by atoms with Gasteiger partial charge in [-0.15, -0.1) is 37.7 Å². The Balaban J connectivity index is 1.13. The van der Waals surface area contributed by atoms with Crippen LogP contribution in [0.4, 0.5) is 0 Å². The third-order valence-electron chi connectivity index (χ3n) is 21.0. The molecule has 4 aliphatic rings. The Morgan fingerprint density at radius 3 is 0.890 bits per heavy atom. The maximum Gasteiger partial charge on any atom is 0.143 e. The number of nitrogens with zero attached hydrogens (tertiary/aromatic N) is 8. The average molecular weight is 1480 g/mol. The molecule has 0 aromatic carbocycles. The van der Waals surface area contributed by atoms with Crippen LogP contribution in [0.2, 0.25) is 0 Å². The van der Waals surface area contributed by atoms with Crippen LogP contribution in [0.5, 0.6) is 0 Å². The molecule has 4 aliphatic heterocycles. The van der Waals surface area contributed by atoms with E-state index in [0.717, 1.165) is 210 Å². The number of thiophene rings is 1. The lowest BCUT2D eigenvalue weighted by atomic mass is 9.92. The smallest absolute Gasteiger partial charge is 0.143 e. The van der Waals surface area contributed by atoms with Crippen molar-refractivity contribution < 1.29 is 18.9 Å². The molecule has 566 valence electrons. The minimum absolute atomic E-state index is 0.487. The van der Waals surface area contributed by atoms with Gasteiger partial charge in [-0.25, -0.2) is 29.9 Å². The van der Waals surface area contributed by atoms with Crippen molar-refractivity contribution in [2.75, 3.05) is 52.9 Å². The van der Waals surface area contributed by atoms with E-state index in [-0.39, 0.29) is 0 Å². The van der Waals surface area contributed by atoms with Crippen molar-refractivity contribution in [3.63, 3.8) is 0 Å². The van der Waals surface area contributed by atoms with E-state index in [1.807, 2.05) is 74.5 Å². The van der Waals surface area contributed by atoms with Crippen LogP contribution >= 0.6 is 11.3 Å². The molecule has 0 spiro atoms. The first-order chi connectivity index (χ1) is 53.7. The fourth-order valence-electron chi connectivity index (χ4n) is 15.5. The summed E-state index contributed by atoms with van der Waals surface area (Å²) in [6.07, 6.45) is 54.5. The molecule has 9 aromatic heterocycles. The molecule has 16 bridgehead atoms. The van der Waals surface area contributed by atoms with Gasteiger partial charge in [0.25, 0.3) is 0 Å². The normalized spacial score (nSPS) is 12.4. The van der Waals surface area contributed by atoms with E-state index in [9.17, 15) is 0 Å². The molecule has 0 unspecified atom stereocenters. The van der Waals surface area contributed by atoms with E-state index in [1.54, 1.807) is 0 Å². The molecule has 9 aromatic rings. The van der Waals surface area contributed by atoms with Gasteiger partial charge in [0.1, 0.15) is 11.6 Å². The van der Waals surface area contributed by atoms with Crippen LogP contribution in [0.1, 0.15) is 196 Å². The van der Waals surface area contributed by atoms with Gasteiger partial charge in [0, 0.05) is 142 Å². The third kappa shape index (κ3) is 18.4. The SMILES string of the molecule is C=CCOCCCc1c2nc(c(-c3nccn3C)c3ccc([nH]3)c(CCCOCC=C)c3nc(c(-c4sc(-c5c6nc(c(CCCOCC=C)c7ccc([nH]7)c(-c7nccn7C)c7nc(c(CCCOCC=C)c8ccc5[nH]8)C=C7)C=C6)c(CCCCCCCC)c4CCCCCCCC)c4ccc1[nH]4)C=C3)C=C2. The second kappa shape index (κ2) is 38.5. The number of nitrogens with one attached hydrogen (secondary N) is 4. The lowest BCUT2D eigenvalue weighted by molar-refractivity contribution is 0.160. The van der Waals surface area contributed by atoms with Gasteiger partial charge in [-0.3, -0.25) is 0 Å². The first-order valence-electron chi connectivity index (χ1n) is 39.8. The standard InChI is InChI=1S/C92H108N12O4S/c1-9-15-17-19-21-23-29-63-64(30-24-22-20-18-16-10-2)90(86-79-45-37-71(97-79)67(33-27-61-107-57-13-5)75-41-49-83(101-75)88(92-94-52-54-104(92)8)84-50-42-76(102-84)68(34-28-62-108-58-14-6)72-38-46-80(86)98-72)109-89(63)85-77-43-35-69(95-77)65(31-25-59-105-55-11-3)73-39-47-81(99-73)87(91-93-51-53-103(91)7)82-48-40-74(100-82)66(32-26-60-106-56-12-4)70-36-44-78(85)96-70/h11-14,35-54,95,97,100,102H,3-6,9-10,15-34,55-62H2,1-2,7-8H3. The summed E-state index contributed by atoms with van der Waals surface area (Å²) in [5.41, 5.74) is 26.0. The molecule has 0 atom stereocenters. The van der Waals surface area contributed by atoms with Crippen LogP contribution in [-0.2, 0) is 71.6 Å². The van der Waals surface area contributed by atoms with E-state index < -0.39 is 0 Å². The lowest BCUT2D eigenvalue weighted by Gasteiger charge is -2.12. The lowest BCUT2D eigenvalue weighted by Crippen LogP contribution is -2.00. The van der Waals surface area contributed by atoms with Gasteiger partial charge in [-0.05, 0) is 185 Å².